The molecular weight excluding hydrogens is 362 g/mol. The third kappa shape index (κ3) is 4.41. The fourth-order valence-electron chi connectivity index (χ4n) is 3.29. The van der Waals surface area contributed by atoms with Crippen molar-refractivity contribution in [3.63, 3.8) is 0 Å². The van der Waals surface area contributed by atoms with Gasteiger partial charge in [0.2, 0.25) is 11.1 Å². The van der Waals surface area contributed by atoms with Crippen molar-refractivity contribution < 1.29 is 4.79 Å². The maximum atomic E-state index is 12.3. The van der Waals surface area contributed by atoms with Crippen LogP contribution in [-0.2, 0) is 4.79 Å². The number of benzene rings is 1. The molecule has 2 aromatic rings. The molecule has 1 aliphatic heterocycles. The largest absolute Gasteiger partial charge is 0.369 e. The fraction of sp³-hybridized carbons (Fsp3) is 0.556. The van der Waals surface area contributed by atoms with Crippen LogP contribution in [0.4, 0.5) is 11.4 Å². The van der Waals surface area contributed by atoms with E-state index in [1.807, 2.05) is 16.8 Å². The molecule has 0 spiro atoms. The third-order valence-electron chi connectivity index (χ3n) is 5.01. The summed E-state index contributed by atoms with van der Waals surface area (Å²) in [6.45, 7) is 6.33. The first-order chi connectivity index (χ1) is 13.1. The van der Waals surface area contributed by atoms with Gasteiger partial charge in [0.15, 0.2) is 0 Å². The van der Waals surface area contributed by atoms with Crippen LogP contribution in [0.25, 0.3) is 0 Å². The quantitative estimate of drug-likeness (QED) is 0.757. The highest BCUT2D eigenvalue weighted by Crippen LogP contribution is 2.36. The zero-order valence-electron chi connectivity index (χ0n) is 15.8. The number of thioether (sulfide) groups is 1. The van der Waals surface area contributed by atoms with Gasteiger partial charge >= 0.3 is 0 Å². The lowest BCUT2D eigenvalue weighted by molar-refractivity contribution is -0.113. The highest BCUT2D eigenvalue weighted by atomic mass is 32.2. The molecule has 0 unspecified atom stereocenters. The van der Waals surface area contributed by atoms with Crippen molar-refractivity contribution in [1.29, 1.82) is 0 Å². The van der Waals surface area contributed by atoms with E-state index in [1.165, 1.54) is 23.0 Å². The highest BCUT2D eigenvalue weighted by Gasteiger charge is 2.28. The Labute approximate surface area is 163 Å². The number of hydrogen-bond donors (Lipinski definition) is 1. The van der Waals surface area contributed by atoms with Gasteiger partial charge in [-0.3, -0.25) is 4.79 Å². The van der Waals surface area contributed by atoms with E-state index in [1.54, 1.807) is 0 Å². The maximum Gasteiger partial charge on any atom is 0.234 e. The second-order valence-corrected chi connectivity index (χ2v) is 8.21. The molecule has 1 saturated carbocycles. The summed E-state index contributed by atoms with van der Waals surface area (Å²) in [6.07, 6.45) is 2.23. The topological polar surface area (TPSA) is 79.2 Å². The van der Waals surface area contributed by atoms with Crippen molar-refractivity contribution in [2.75, 3.05) is 49.2 Å². The summed E-state index contributed by atoms with van der Waals surface area (Å²) in [5.41, 5.74) is 3.26. The maximum absolute atomic E-state index is 12.3. The molecule has 0 atom stereocenters. The molecule has 1 saturated heterocycles. The Bertz CT molecular complexity index is 812. The van der Waals surface area contributed by atoms with Crippen LogP contribution in [0.15, 0.2) is 23.4 Å². The van der Waals surface area contributed by atoms with Gasteiger partial charge in [-0.15, -0.1) is 5.10 Å². The minimum Gasteiger partial charge on any atom is -0.369 e. The van der Waals surface area contributed by atoms with E-state index in [4.69, 9.17) is 0 Å². The predicted molar refractivity (Wildman–Crippen MR) is 106 cm³/mol. The van der Waals surface area contributed by atoms with Crippen molar-refractivity contribution in [2.45, 2.75) is 31.0 Å². The van der Waals surface area contributed by atoms with E-state index in [9.17, 15) is 4.79 Å². The number of anilines is 2. The predicted octanol–water partition coefficient (Wildman–Crippen LogP) is 1.80. The van der Waals surface area contributed by atoms with Crippen molar-refractivity contribution in [1.82, 2.24) is 25.1 Å². The molecular formula is C18H25N7OS. The van der Waals surface area contributed by atoms with Crippen LogP contribution in [-0.4, -0.2) is 70.0 Å². The first-order valence-corrected chi connectivity index (χ1v) is 10.3. The fourth-order valence-corrected chi connectivity index (χ4v) is 4.04. The number of rotatable bonds is 6. The van der Waals surface area contributed by atoms with Gasteiger partial charge < -0.3 is 15.1 Å². The Balaban J connectivity index is 1.32. The van der Waals surface area contributed by atoms with E-state index in [0.717, 1.165) is 44.7 Å². The molecule has 1 aromatic carbocycles. The average Bonchev–Trinajstić information content (AvgIpc) is 3.39. The van der Waals surface area contributed by atoms with Crippen molar-refractivity contribution in [3.8, 4) is 0 Å². The van der Waals surface area contributed by atoms with Gasteiger partial charge in [0.1, 0.15) is 0 Å². The second-order valence-electron chi connectivity index (χ2n) is 7.27. The summed E-state index contributed by atoms with van der Waals surface area (Å²) in [7, 11) is 2.16. The molecule has 1 aliphatic carbocycles. The van der Waals surface area contributed by atoms with Gasteiger partial charge in [-0.1, -0.05) is 11.8 Å². The van der Waals surface area contributed by atoms with Gasteiger partial charge in [0.25, 0.3) is 0 Å². The van der Waals surface area contributed by atoms with Gasteiger partial charge in [-0.05, 0) is 61.0 Å². The molecule has 9 heteroatoms. The lowest BCUT2D eigenvalue weighted by Gasteiger charge is -2.35. The van der Waals surface area contributed by atoms with Crippen LogP contribution < -0.4 is 10.2 Å². The highest BCUT2D eigenvalue weighted by molar-refractivity contribution is 7.99. The molecule has 2 heterocycles. The molecule has 144 valence electrons. The number of tetrazole rings is 1. The van der Waals surface area contributed by atoms with Crippen LogP contribution in [0.1, 0.15) is 24.4 Å². The number of nitrogens with zero attached hydrogens (tertiary/aromatic N) is 6. The number of aryl methyl sites for hydroxylation is 1. The standard InChI is InChI=1S/C18H25N7OS/c1-13-11-14(3-6-16(13)24-9-7-23(2)8-10-24)19-17(26)12-27-18-20-21-22-25(18)15-4-5-15/h3,6,11,15H,4-5,7-10,12H2,1-2H3,(H,19,26). The van der Waals surface area contributed by atoms with Crippen LogP contribution in [0.3, 0.4) is 0 Å². The lowest BCUT2D eigenvalue weighted by atomic mass is 10.1. The zero-order chi connectivity index (χ0) is 18.8. The number of aromatic nitrogens is 4. The Hall–Kier alpha value is -2.13. The summed E-state index contributed by atoms with van der Waals surface area (Å²) < 4.78 is 1.83. The number of likely N-dealkylation sites (N-methyl/N-ethyl adjacent to an activating group) is 1. The SMILES string of the molecule is Cc1cc(NC(=O)CSc2nnnn2C2CC2)ccc1N1CCN(C)CC1. The first-order valence-electron chi connectivity index (χ1n) is 9.35. The Kier molecular flexibility index (Phi) is 5.31. The third-order valence-corrected chi connectivity index (χ3v) is 5.95. The van der Waals surface area contributed by atoms with Crippen LogP contribution >= 0.6 is 11.8 Å². The molecule has 4 rings (SSSR count). The average molecular weight is 388 g/mol. The first kappa shape index (κ1) is 18.2. The van der Waals surface area contributed by atoms with Gasteiger partial charge in [0, 0.05) is 37.6 Å². The zero-order valence-corrected chi connectivity index (χ0v) is 16.6. The van der Waals surface area contributed by atoms with Crippen molar-refractivity contribution in [3.05, 3.63) is 23.8 Å². The number of carbonyl (C=O) groups is 1. The van der Waals surface area contributed by atoms with Gasteiger partial charge in [0.05, 0.1) is 11.8 Å². The normalized spacial score (nSPS) is 17.9. The minimum atomic E-state index is -0.0444. The number of nitrogens with one attached hydrogen (secondary N) is 1. The van der Waals surface area contributed by atoms with Crippen LogP contribution in [0.5, 0.6) is 0 Å². The van der Waals surface area contributed by atoms with E-state index < -0.39 is 0 Å². The van der Waals surface area contributed by atoms with Gasteiger partial charge in [-0.2, -0.15) is 0 Å². The van der Waals surface area contributed by atoms with Crippen molar-refractivity contribution >= 4 is 29.0 Å². The molecule has 1 N–H and O–H groups in total. The molecule has 2 fully saturated rings. The second kappa shape index (κ2) is 7.85. The molecule has 1 amide bonds. The molecule has 2 aliphatic rings. The molecule has 27 heavy (non-hydrogen) atoms. The summed E-state index contributed by atoms with van der Waals surface area (Å²) in [6, 6.07) is 6.55. The molecule has 8 nitrogen and oxygen atoms in total. The minimum absolute atomic E-state index is 0.0444. The van der Waals surface area contributed by atoms with E-state index >= 15 is 0 Å². The van der Waals surface area contributed by atoms with Gasteiger partial charge in [-0.25, -0.2) is 4.68 Å². The Morgan fingerprint density at radius 1 is 1.26 bits per heavy atom. The van der Waals surface area contributed by atoms with Crippen LogP contribution in [0, 0.1) is 6.92 Å². The number of carbonyl (C=O) groups excluding carboxylic acids is 1. The monoisotopic (exact) mass is 387 g/mol. The molecule has 0 bridgehead atoms. The summed E-state index contributed by atoms with van der Waals surface area (Å²) in [5.74, 6) is 0.254. The van der Waals surface area contributed by atoms with Crippen molar-refractivity contribution in [2.24, 2.45) is 0 Å². The number of hydrogen-bond acceptors (Lipinski definition) is 7. The van der Waals surface area contributed by atoms with E-state index in [0.29, 0.717) is 17.0 Å². The van der Waals surface area contributed by atoms with E-state index in [2.05, 4.69) is 50.7 Å². The Morgan fingerprint density at radius 3 is 2.74 bits per heavy atom. The number of amides is 1. The molecule has 0 radical (unpaired) electrons. The smallest absolute Gasteiger partial charge is 0.234 e. The Morgan fingerprint density at radius 2 is 2.04 bits per heavy atom. The summed E-state index contributed by atoms with van der Waals surface area (Å²) in [5, 5.41) is 15.4. The van der Waals surface area contributed by atoms with E-state index in [-0.39, 0.29) is 5.91 Å². The summed E-state index contributed by atoms with van der Waals surface area (Å²) >= 11 is 1.38. The van der Waals surface area contributed by atoms with Crippen LogP contribution in [0.2, 0.25) is 0 Å². The number of piperazine rings is 1. The lowest BCUT2D eigenvalue weighted by Crippen LogP contribution is -2.44. The molecule has 1 aromatic heterocycles. The summed E-state index contributed by atoms with van der Waals surface area (Å²) in [4.78, 5) is 17.1.